The molecule has 8 nitrogen and oxygen atoms in total. The van der Waals surface area contributed by atoms with Crippen molar-refractivity contribution in [2.45, 2.75) is 6.54 Å². The summed E-state index contributed by atoms with van der Waals surface area (Å²) in [4.78, 5) is 35.3. The molecule has 2 N–H and O–H groups in total. The zero-order chi connectivity index (χ0) is 23.8. The zero-order valence-corrected chi connectivity index (χ0v) is 18.3. The van der Waals surface area contributed by atoms with Crippen LogP contribution in [0.4, 0.5) is 0 Å². The van der Waals surface area contributed by atoms with Gasteiger partial charge in [-0.3, -0.25) is 9.69 Å². The summed E-state index contributed by atoms with van der Waals surface area (Å²) in [7, 11) is 1.63. The van der Waals surface area contributed by atoms with E-state index in [-0.39, 0.29) is 5.91 Å². The molecule has 172 valence electrons. The summed E-state index contributed by atoms with van der Waals surface area (Å²) in [6, 6.07) is 22.4. The number of carbonyl (C=O) groups excluding carboxylic acids is 1. The third kappa shape index (κ3) is 6.30. The summed E-state index contributed by atoms with van der Waals surface area (Å²) >= 11 is 0. The topological polar surface area (TPSA) is 107 Å². The highest BCUT2D eigenvalue weighted by Crippen LogP contribution is 2.21. The van der Waals surface area contributed by atoms with Crippen molar-refractivity contribution in [3.05, 3.63) is 77.9 Å². The molecule has 1 aliphatic rings. The van der Waals surface area contributed by atoms with E-state index in [0.29, 0.717) is 0 Å². The molecule has 0 radical (unpaired) electrons. The van der Waals surface area contributed by atoms with Crippen LogP contribution in [0.3, 0.4) is 0 Å². The SMILES string of the molecule is COc1ccc(C(=O)N2CCN(Cc3cccc4ccccc34)CC2)cc1.O=C(O)C(=O)O. The molecule has 0 spiro atoms. The molecule has 0 atom stereocenters. The van der Waals surface area contributed by atoms with Crippen LogP contribution >= 0.6 is 0 Å². The van der Waals surface area contributed by atoms with Gasteiger partial charge < -0.3 is 19.8 Å². The molecule has 0 aromatic heterocycles. The van der Waals surface area contributed by atoms with Crippen molar-refractivity contribution in [1.29, 1.82) is 0 Å². The molecule has 3 aromatic rings. The number of aliphatic carboxylic acids is 2. The maximum Gasteiger partial charge on any atom is 0.414 e. The molecule has 1 saturated heterocycles. The third-order valence-corrected chi connectivity index (χ3v) is 5.45. The highest BCUT2D eigenvalue weighted by molar-refractivity contribution is 6.27. The number of benzene rings is 3. The van der Waals surface area contributed by atoms with Crippen LogP contribution in [0.2, 0.25) is 0 Å². The predicted octanol–water partition coefficient (Wildman–Crippen LogP) is 2.96. The maximum absolute atomic E-state index is 12.7. The minimum atomic E-state index is -1.82. The van der Waals surface area contributed by atoms with Gasteiger partial charge in [0.15, 0.2) is 0 Å². The Morgan fingerprint density at radius 2 is 1.42 bits per heavy atom. The maximum atomic E-state index is 12.7. The number of fused-ring (bicyclic) bond motifs is 1. The summed E-state index contributed by atoms with van der Waals surface area (Å²) in [5, 5.41) is 17.4. The van der Waals surface area contributed by atoms with Crippen LogP contribution in [0, 0.1) is 0 Å². The van der Waals surface area contributed by atoms with E-state index >= 15 is 0 Å². The number of carboxylic acids is 2. The summed E-state index contributed by atoms with van der Waals surface area (Å²) in [5.41, 5.74) is 2.07. The fraction of sp³-hybridized carbons (Fsp3) is 0.240. The molecular weight excluding hydrogens is 424 g/mol. The predicted molar refractivity (Wildman–Crippen MR) is 123 cm³/mol. The lowest BCUT2D eigenvalue weighted by atomic mass is 10.0. The Morgan fingerprint density at radius 1 is 0.818 bits per heavy atom. The number of ether oxygens (including phenoxy) is 1. The molecule has 1 amide bonds. The Bertz CT molecular complexity index is 1100. The van der Waals surface area contributed by atoms with Gasteiger partial charge in [-0.25, -0.2) is 9.59 Å². The van der Waals surface area contributed by atoms with E-state index in [1.807, 2.05) is 29.2 Å². The highest BCUT2D eigenvalue weighted by atomic mass is 16.5. The Kier molecular flexibility index (Phi) is 7.99. The fourth-order valence-corrected chi connectivity index (χ4v) is 3.70. The van der Waals surface area contributed by atoms with Crippen molar-refractivity contribution >= 4 is 28.6 Å². The van der Waals surface area contributed by atoms with Gasteiger partial charge >= 0.3 is 11.9 Å². The van der Waals surface area contributed by atoms with E-state index < -0.39 is 11.9 Å². The quantitative estimate of drug-likeness (QED) is 0.589. The first-order valence-electron chi connectivity index (χ1n) is 10.5. The second kappa shape index (κ2) is 11.1. The lowest BCUT2D eigenvalue weighted by Crippen LogP contribution is -2.48. The fourth-order valence-electron chi connectivity index (χ4n) is 3.70. The minimum absolute atomic E-state index is 0.0995. The molecule has 0 bridgehead atoms. The molecule has 3 aromatic carbocycles. The first kappa shape index (κ1) is 23.7. The molecule has 1 fully saturated rings. The first-order chi connectivity index (χ1) is 15.9. The van der Waals surface area contributed by atoms with E-state index in [1.54, 1.807) is 7.11 Å². The number of rotatable bonds is 4. The number of piperazine rings is 1. The highest BCUT2D eigenvalue weighted by Gasteiger charge is 2.22. The van der Waals surface area contributed by atoms with Crippen LogP contribution in [0.15, 0.2) is 66.7 Å². The first-order valence-corrected chi connectivity index (χ1v) is 10.5. The van der Waals surface area contributed by atoms with Crippen LogP contribution in [0.25, 0.3) is 10.8 Å². The molecule has 1 aliphatic heterocycles. The van der Waals surface area contributed by atoms with Crippen LogP contribution in [0.5, 0.6) is 5.75 Å². The van der Waals surface area contributed by atoms with Crippen molar-refractivity contribution in [3.63, 3.8) is 0 Å². The van der Waals surface area contributed by atoms with Crippen LogP contribution in [0.1, 0.15) is 15.9 Å². The number of carboxylic acid groups (broad SMARTS) is 2. The Hall–Kier alpha value is -3.91. The monoisotopic (exact) mass is 450 g/mol. The number of hydrogen-bond acceptors (Lipinski definition) is 5. The summed E-state index contributed by atoms with van der Waals surface area (Å²) in [6.07, 6.45) is 0. The van der Waals surface area contributed by atoms with Gasteiger partial charge in [-0.05, 0) is 40.6 Å². The minimum Gasteiger partial charge on any atom is -0.497 e. The van der Waals surface area contributed by atoms with Crippen molar-refractivity contribution in [2.75, 3.05) is 33.3 Å². The number of nitrogens with zero attached hydrogens (tertiary/aromatic N) is 2. The van der Waals surface area contributed by atoms with Crippen LogP contribution in [-0.4, -0.2) is 71.1 Å². The lowest BCUT2D eigenvalue weighted by Gasteiger charge is -2.35. The van der Waals surface area contributed by atoms with Gasteiger partial charge in [-0.2, -0.15) is 0 Å². The van der Waals surface area contributed by atoms with Gasteiger partial charge in [0.05, 0.1) is 7.11 Å². The molecule has 0 aliphatic carbocycles. The van der Waals surface area contributed by atoms with Gasteiger partial charge in [0.25, 0.3) is 5.91 Å². The van der Waals surface area contributed by atoms with Gasteiger partial charge in [0.1, 0.15) is 5.75 Å². The molecule has 0 saturated carbocycles. The van der Waals surface area contributed by atoms with E-state index in [1.165, 1.54) is 16.3 Å². The van der Waals surface area contributed by atoms with Gasteiger partial charge in [-0.15, -0.1) is 0 Å². The molecule has 33 heavy (non-hydrogen) atoms. The van der Waals surface area contributed by atoms with Crippen molar-refractivity contribution < 1.29 is 29.3 Å². The number of amides is 1. The average Bonchev–Trinajstić information content (AvgIpc) is 2.85. The smallest absolute Gasteiger partial charge is 0.414 e. The number of methoxy groups -OCH3 is 1. The second-order valence-corrected chi connectivity index (χ2v) is 7.55. The largest absolute Gasteiger partial charge is 0.497 e. The van der Waals surface area contributed by atoms with Crippen LogP contribution in [-0.2, 0) is 16.1 Å². The zero-order valence-electron chi connectivity index (χ0n) is 18.3. The van der Waals surface area contributed by atoms with Crippen molar-refractivity contribution in [3.8, 4) is 5.75 Å². The number of carbonyl (C=O) groups is 3. The molecule has 1 heterocycles. The van der Waals surface area contributed by atoms with E-state index in [0.717, 1.165) is 44.0 Å². The molecular formula is C25H26N2O6. The molecule has 8 heteroatoms. The van der Waals surface area contributed by atoms with E-state index in [9.17, 15) is 4.79 Å². The molecule has 4 rings (SSSR count). The second-order valence-electron chi connectivity index (χ2n) is 7.55. The normalized spacial score (nSPS) is 13.7. The summed E-state index contributed by atoms with van der Waals surface area (Å²) in [6.45, 7) is 4.23. The van der Waals surface area contributed by atoms with Crippen molar-refractivity contribution in [1.82, 2.24) is 9.80 Å². The van der Waals surface area contributed by atoms with Gasteiger partial charge in [0.2, 0.25) is 0 Å². The Labute approximate surface area is 191 Å². The Morgan fingerprint density at radius 3 is 2.03 bits per heavy atom. The van der Waals surface area contributed by atoms with Gasteiger partial charge in [-0.1, -0.05) is 42.5 Å². The van der Waals surface area contributed by atoms with E-state index in [4.69, 9.17) is 24.5 Å². The van der Waals surface area contributed by atoms with Crippen LogP contribution < -0.4 is 4.74 Å². The summed E-state index contributed by atoms with van der Waals surface area (Å²) in [5.74, 6) is -2.78. The standard InChI is InChI=1S/C23H24N2O2.C2H2O4/c1-27-21-11-9-19(10-12-21)23(26)25-15-13-24(14-16-25)17-20-7-4-6-18-5-2-3-8-22(18)20;3-1(4)2(5)6/h2-12H,13-17H2,1H3;(H,3,4)(H,5,6). The third-order valence-electron chi connectivity index (χ3n) is 5.45. The Balaban J connectivity index is 0.000000454. The number of hydrogen-bond donors (Lipinski definition) is 2. The molecule has 0 unspecified atom stereocenters. The average molecular weight is 450 g/mol. The van der Waals surface area contributed by atoms with E-state index in [2.05, 4.69) is 47.4 Å². The lowest BCUT2D eigenvalue weighted by molar-refractivity contribution is -0.159. The van der Waals surface area contributed by atoms with Crippen molar-refractivity contribution in [2.24, 2.45) is 0 Å². The summed E-state index contributed by atoms with van der Waals surface area (Å²) < 4.78 is 5.16. The van der Waals surface area contributed by atoms with Gasteiger partial charge in [0, 0.05) is 38.3 Å².